The smallest absolute Gasteiger partial charge is 0.194 e. The second-order valence-electron chi connectivity index (χ2n) is 5.92. The minimum Gasteiger partial charge on any atom is -0.443 e. The maximum absolute atomic E-state index is 5.80. The fourth-order valence-electron chi connectivity index (χ4n) is 2.39. The zero-order valence-corrected chi connectivity index (χ0v) is 12.3. The molecule has 0 aromatic carbocycles. The van der Waals surface area contributed by atoms with E-state index in [1.54, 1.807) is 0 Å². The predicted molar refractivity (Wildman–Crippen MR) is 75.0 cm³/mol. The third-order valence-corrected chi connectivity index (χ3v) is 3.54. The zero-order valence-electron chi connectivity index (χ0n) is 12.3. The lowest BCUT2D eigenvalue weighted by Gasteiger charge is -2.10. The highest BCUT2D eigenvalue weighted by atomic mass is 16.5. The first kappa shape index (κ1) is 14.5. The molecule has 1 aliphatic heterocycles. The first-order valence-electron chi connectivity index (χ1n) is 7.43. The van der Waals surface area contributed by atoms with Crippen molar-refractivity contribution in [3.8, 4) is 0 Å². The van der Waals surface area contributed by atoms with Crippen LogP contribution in [0, 0.1) is 11.8 Å². The van der Waals surface area contributed by atoms with Crippen LogP contribution in [0.3, 0.4) is 0 Å². The Labute approximate surface area is 115 Å². The maximum atomic E-state index is 5.80. The molecule has 0 saturated carbocycles. The second kappa shape index (κ2) is 7.06. The Morgan fingerprint density at radius 3 is 3.00 bits per heavy atom. The first-order valence-corrected chi connectivity index (χ1v) is 7.43. The Kier molecular flexibility index (Phi) is 5.40. The first-order chi connectivity index (χ1) is 9.16. The predicted octanol–water partition coefficient (Wildman–Crippen LogP) is 2.95. The van der Waals surface area contributed by atoms with E-state index in [0.29, 0.717) is 11.8 Å². The summed E-state index contributed by atoms with van der Waals surface area (Å²) in [6.07, 6.45) is 5.02. The molecule has 1 N–H and O–H groups in total. The number of hydrogen-bond acceptors (Lipinski definition) is 4. The van der Waals surface area contributed by atoms with Crippen molar-refractivity contribution < 1.29 is 9.15 Å². The number of aromatic nitrogens is 1. The standard InChI is InChI=1S/C15H26N2O2/c1-11(2)9-16-7-4-5-14-17-10-13(19-14)15-12(3)6-8-18-15/h10-12,15-16H,4-9H2,1-3H3. The van der Waals surface area contributed by atoms with Crippen LogP contribution in [0.4, 0.5) is 0 Å². The Hall–Kier alpha value is -0.870. The molecule has 0 aliphatic carbocycles. The van der Waals surface area contributed by atoms with E-state index in [1.165, 1.54) is 0 Å². The molecular weight excluding hydrogens is 240 g/mol. The van der Waals surface area contributed by atoms with Crippen molar-refractivity contribution in [1.82, 2.24) is 10.3 Å². The van der Waals surface area contributed by atoms with Gasteiger partial charge in [-0.2, -0.15) is 0 Å². The third kappa shape index (κ3) is 4.32. The van der Waals surface area contributed by atoms with Gasteiger partial charge in [0.2, 0.25) is 0 Å². The monoisotopic (exact) mass is 266 g/mol. The van der Waals surface area contributed by atoms with Crippen molar-refractivity contribution in [3.63, 3.8) is 0 Å². The molecule has 2 atom stereocenters. The minimum absolute atomic E-state index is 0.111. The van der Waals surface area contributed by atoms with Crippen LogP contribution in [0.2, 0.25) is 0 Å². The summed E-state index contributed by atoms with van der Waals surface area (Å²) in [5.41, 5.74) is 0. The highest BCUT2D eigenvalue weighted by Gasteiger charge is 2.28. The molecule has 2 rings (SSSR count). The van der Waals surface area contributed by atoms with E-state index in [2.05, 4.69) is 31.1 Å². The van der Waals surface area contributed by atoms with Crippen LogP contribution < -0.4 is 5.32 Å². The van der Waals surface area contributed by atoms with Gasteiger partial charge in [0.25, 0.3) is 0 Å². The highest BCUT2D eigenvalue weighted by molar-refractivity contribution is 5.01. The van der Waals surface area contributed by atoms with E-state index in [4.69, 9.17) is 9.15 Å². The van der Waals surface area contributed by atoms with Crippen LogP contribution in [-0.2, 0) is 11.2 Å². The summed E-state index contributed by atoms with van der Waals surface area (Å²) in [7, 11) is 0. The number of oxazole rings is 1. The minimum atomic E-state index is 0.111. The van der Waals surface area contributed by atoms with Gasteiger partial charge in [-0.3, -0.25) is 0 Å². The van der Waals surface area contributed by atoms with Crippen molar-refractivity contribution in [2.24, 2.45) is 11.8 Å². The van der Waals surface area contributed by atoms with E-state index in [9.17, 15) is 0 Å². The van der Waals surface area contributed by atoms with E-state index in [1.807, 2.05) is 6.20 Å². The molecule has 1 fully saturated rings. The van der Waals surface area contributed by atoms with Crippen LogP contribution in [0.15, 0.2) is 10.6 Å². The molecule has 19 heavy (non-hydrogen) atoms. The largest absolute Gasteiger partial charge is 0.443 e. The van der Waals surface area contributed by atoms with Gasteiger partial charge in [-0.1, -0.05) is 20.8 Å². The fraction of sp³-hybridized carbons (Fsp3) is 0.800. The van der Waals surface area contributed by atoms with Gasteiger partial charge in [0, 0.05) is 13.0 Å². The topological polar surface area (TPSA) is 47.3 Å². The van der Waals surface area contributed by atoms with Gasteiger partial charge in [0.15, 0.2) is 11.7 Å². The summed E-state index contributed by atoms with van der Waals surface area (Å²) in [6.45, 7) is 9.57. The Balaban J connectivity index is 1.72. The van der Waals surface area contributed by atoms with Gasteiger partial charge in [-0.15, -0.1) is 0 Å². The van der Waals surface area contributed by atoms with E-state index in [-0.39, 0.29) is 6.10 Å². The molecule has 0 spiro atoms. The normalized spacial score (nSPS) is 23.4. The molecular formula is C15H26N2O2. The van der Waals surface area contributed by atoms with Crippen molar-refractivity contribution in [2.75, 3.05) is 19.7 Å². The van der Waals surface area contributed by atoms with Crippen LogP contribution >= 0.6 is 0 Å². The quantitative estimate of drug-likeness (QED) is 0.771. The lowest BCUT2D eigenvalue weighted by molar-refractivity contribution is 0.0749. The number of nitrogens with zero attached hydrogens (tertiary/aromatic N) is 1. The molecule has 0 amide bonds. The van der Waals surface area contributed by atoms with Gasteiger partial charge < -0.3 is 14.5 Å². The molecule has 2 unspecified atom stereocenters. The molecule has 1 aliphatic rings. The van der Waals surface area contributed by atoms with Gasteiger partial charge in [-0.05, 0) is 37.8 Å². The Bertz CT molecular complexity index is 376. The van der Waals surface area contributed by atoms with Gasteiger partial charge >= 0.3 is 0 Å². The van der Waals surface area contributed by atoms with E-state index < -0.39 is 0 Å². The summed E-state index contributed by atoms with van der Waals surface area (Å²) in [6, 6.07) is 0. The van der Waals surface area contributed by atoms with Crippen molar-refractivity contribution in [1.29, 1.82) is 0 Å². The lowest BCUT2D eigenvalue weighted by Crippen LogP contribution is -2.21. The molecule has 4 heteroatoms. The number of aryl methyl sites for hydroxylation is 1. The molecule has 1 aromatic rings. The summed E-state index contributed by atoms with van der Waals surface area (Å²) >= 11 is 0. The molecule has 0 bridgehead atoms. The molecule has 2 heterocycles. The lowest BCUT2D eigenvalue weighted by atomic mass is 10.0. The Morgan fingerprint density at radius 2 is 2.32 bits per heavy atom. The summed E-state index contributed by atoms with van der Waals surface area (Å²) in [5, 5.41) is 3.43. The second-order valence-corrected chi connectivity index (χ2v) is 5.92. The molecule has 4 nitrogen and oxygen atoms in total. The maximum Gasteiger partial charge on any atom is 0.194 e. The molecule has 0 radical (unpaired) electrons. The number of rotatable bonds is 7. The SMILES string of the molecule is CC(C)CNCCCc1ncc(C2OCCC2C)o1. The van der Waals surface area contributed by atoms with Gasteiger partial charge in [0.05, 0.1) is 6.20 Å². The molecule has 108 valence electrons. The average Bonchev–Trinajstić information content (AvgIpc) is 2.97. The molecule has 1 saturated heterocycles. The number of nitrogens with one attached hydrogen (secondary N) is 1. The van der Waals surface area contributed by atoms with Gasteiger partial charge in [0.1, 0.15) is 6.10 Å². The zero-order chi connectivity index (χ0) is 13.7. The van der Waals surface area contributed by atoms with Crippen molar-refractivity contribution in [2.45, 2.75) is 46.1 Å². The summed E-state index contributed by atoms with van der Waals surface area (Å²) in [4.78, 5) is 4.35. The highest BCUT2D eigenvalue weighted by Crippen LogP contribution is 2.34. The van der Waals surface area contributed by atoms with Crippen LogP contribution in [0.25, 0.3) is 0 Å². The molecule has 1 aromatic heterocycles. The van der Waals surface area contributed by atoms with Crippen LogP contribution in [0.5, 0.6) is 0 Å². The third-order valence-electron chi connectivity index (χ3n) is 3.54. The average molecular weight is 266 g/mol. The van der Waals surface area contributed by atoms with E-state index in [0.717, 1.165) is 50.6 Å². The van der Waals surface area contributed by atoms with Crippen molar-refractivity contribution in [3.05, 3.63) is 17.8 Å². The van der Waals surface area contributed by atoms with Crippen molar-refractivity contribution >= 4 is 0 Å². The van der Waals surface area contributed by atoms with E-state index >= 15 is 0 Å². The summed E-state index contributed by atoms with van der Waals surface area (Å²) < 4.78 is 11.5. The number of hydrogen-bond donors (Lipinski definition) is 1. The van der Waals surface area contributed by atoms with Crippen LogP contribution in [-0.4, -0.2) is 24.7 Å². The summed E-state index contributed by atoms with van der Waals surface area (Å²) in [5.74, 6) is 2.97. The Morgan fingerprint density at radius 1 is 1.47 bits per heavy atom. The van der Waals surface area contributed by atoms with Gasteiger partial charge in [-0.25, -0.2) is 4.98 Å². The fourth-order valence-corrected chi connectivity index (χ4v) is 2.39. The number of ether oxygens (including phenoxy) is 1. The van der Waals surface area contributed by atoms with Crippen LogP contribution in [0.1, 0.15) is 51.4 Å².